The van der Waals surface area contributed by atoms with Crippen LogP contribution in [0.5, 0.6) is 0 Å². The topological polar surface area (TPSA) is 44.5 Å². The predicted molar refractivity (Wildman–Crippen MR) is 101 cm³/mol. The summed E-state index contributed by atoms with van der Waals surface area (Å²) in [6.45, 7) is 6.79. The summed E-state index contributed by atoms with van der Waals surface area (Å²) in [4.78, 5) is 0. The molecule has 0 amide bonds. The third-order valence-electron chi connectivity index (χ3n) is 4.09. The second-order valence-electron chi connectivity index (χ2n) is 6.12. The molecule has 0 heterocycles. The van der Waals surface area contributed by atoms with Crippen molar-refractivity contribution in [1.82, 2.24) is 0 Å². The summed E-state index contributed by atoms with van der Waals surface area (Å²) in [5.74, 6) is 0. The normalized spacial score (nSPS) is 11.8. The van der Waals surface area contributed by atoms with E-state index in [-0.39, 0.29) is 0 Å². The fourth-order valence-corrected chi connectivity index (χ4v) is 5.99. The highest BCUT2D eigenvalue weighted by molar-refractivity contribution is 6.81. The van der Waals surface area contributed by atoms with Gasteiger partial charge in [-0.3, -0.25) is 0 Å². The Morgan fingerprint density at radius 1 is 0.826 bits per heavy atom. The van der Waals surface area contributed by atoms with Crippen molar-refractivity contribution in [2.45, 2.75) is 64.8 Å². The van der Waals surface area contributed by atoms with E-state index in [1.165, 1.54) is 5.19 Å². The molecule has 0 fully saturated rings. The molecule has 0 aliphatic carbocycles. The van der Waals surface area contributed by atoms with Crippen molar-refractivity contribution >= 4 is 13.7 Å². The molecule has 0 atom stereocenters. The van der Waals surface area contributed by atoms with Crippen molar-refractivity contribution in [2.75, 3.05) is 19.8 Å². The van der Waals surface area contributed by atoms with Gasteiger partial charge in [-0.2, -0.15) is 0 Å². The second kappa shape index (κ2) is 12.7. The Labute approximate surface area is 143 Å². The first kappa shape index (κ1) is 20.4. The van der Waals surface area contributed by atoms with Gasteiger partial charge in [0.25, 0.3) is 0 Å². The van der Waals surface area contributed by atoms with E-state index in [2.05, 4.69) is 44.2 Å². The van der Waals surface area contributed by atoms with Gasteiger partial charge >= 0.3 is 8.56 Å². The molecule has 0 aliphatic rings. The van der Waals surface area contributed by atoms with Crippen molar-refractivity contribution < 1.29 is 8.85 Å². The van der Waals surface area contributed by atoms with Crippen LogP contribution in [0, 0.1) is 0 Å². The molecule has 2 N–H and O–H groups in total. The zero-order valence-corrected chi connectivity index (χ0v) is 16.1. The third kappa shape index (κ3) is 7.62. The molecule has 0 bridgehead atoms. The minimum absolute atomic E-state index is 0.771. The molecule has 1 aromatic carbocycles. The van der Waals surface area contributed by atoms with Gasteiger partial charge in [-0.1, -0.05) is 69.9 Å². The Kier molecular flexibility index (Phi) is 11.2. The van der Waals surface area contributed by atoms with Crippen LogP contribution in [0.25, 0.3) is 0 Å². The molecule has 0 saturated carbocycles. The number of benzene rings is 1. The van der Waals surface area contributed by atoms with Crippen LogP contribution in [0.2, 0.25) is 6.04 Å². The van der Waals surface area contributed by atoms with E-state index in [0.29, 0.717) is 0 Å². The first-order valence-electron chi connectivity index (χ1n) is 9.32. The molecule has 0 saturated heterocycles. The van der Waals surface area contributed by atoms with Gasteiger partial charge in [0.2, 0.25) is 0 Å². The number of nitrogens with two attached hydrogens (primary N) is 1. The Bertz CT molecular complexity index is 376. The highest BCUT2D eigenvalue weighted by Gasteiger charge is 2.39. The summed E-state index contributed by atoms with van der Waals surface area (Å²) in [5.41, 5.74) is 5.63. The lowest BCUT2D eigenvalue weighted by Crippen LogP contribution is -2.54. The van der Waals surface area contributed by atoms with Gasteiger partial charge in [-0.05, 0) is 37.0 Å². The van der Waals surface area contributed by atoms with Crippen LogP contribution in [0.4, 0.5) is 0 Å². The molecular formula is C19H35NO2Si. The van der Waals surface area contributed by atoms with Gasteiger partial charge in [0.05, 0.1) is 0 Å². The summed E-state index contributed by atoms with van der Waals surface area (Å²) in [5, 5.41) is 1.28. The highest BCUT2D eigenvalue weighted by atomic mass is 28.4. The number of hydrogen-bond donors (Lipinski definition) is 1. The summed E-state index contributed by atoms with van der Waals surface area (Å²) in [6, 6.07) is 11.7. The minimum Gasteiger partial charge on any atom is -0.391 e. The van der Waals surface area contributed by atoms with Crippen molar-refractivity contribution in [3.05, 3.63) is 30.3 Å². The number of unbranched alkanes of at least 4 members (excludes halogenated alkanes) is 4. The predicted octanol–water partition coefficient (Wildman–Crippen LogP) is 4.10. The molecule has 132 valence electrons. The average molecular weight is 338 g/mol. The van der Waals surface area contributed by atoms with Crippen molar-refractivity contribution in [3.63, 3.8) is 0 Å². The Balaban J connectivity index is 2.85. The van der Waals surface area contributed by atoms with Gasteiger partial charge in [0.15, 0.2) is 0 Å². The standard InChI is InChI=1S/C19H35NO2Si/c1-3-5-16-21-23(22-17-6-4-2,18-12-8-11-15-20)19-13-9-7-10-14-19/h7,9-10,13-14H,3-6,8,11-12,15-18,20H2,1-2H3. The van der Waals surface area contributed by atoms with Crippen molar-refractivity contribution in [2.24, 2.45) is 5.73 Å². The maximum atomic E-state index is 6.47. The van der Waals surface area contributed by atoms with Crippen LogP contribution in [0.1, 0.15) is 58.8 Å². The van der Waals surface area contributed by atoms with E-state index in [0.717, 1.165) is 70.7 Å². The van der Waals surface area contributed by atoms with Crippen LogP contribution < -0.4 is 10.9 Å². The van der Waals surface area contributed by atoms with Crippen LogP contribution in [0.15, 0.2) is 30.3 Å². The molecule has 1 rings (SSSR count). The van der Waals surface area contributed by atoms with Crippen molar-refractivity contribution in [3.8, 4) is 0 Å². The van der Waals surface area contributed by atoms with E-state index < -0.39 is 8.56 Å². The average Bonchev–Trinajstić information content (AvgIpc) is 2.59. The SMILES string of the molecule is CCCCO[Si](CCCCCN)(OCCCC)c1ccccc1. The number of hydrogen-bond acceptors (Lipinski definition) is 3. The Hall–Kier alpha value is -0.683. The van der Waals surface area contributed by atoms with E-state index in [9.17, 15) is 0 Å². The quantitative estimate of drug-likeness (QED) is 0.411. The van der Waals surface area contributed by atoms with Gasteiger partial charge in [-0.25, -0.2) is 0 Å². The van der Waals surface area contributed by atoms with Crippen LogP contribution in [0.3, 0.4) is 0 Å². The Morgan fingerprint density at radius 2 is 1.43 bits per heavy atom. The molecule has 0 unspecified atom stereocenters. The van der Waals surface area contributed by atoms with E-state index >= 15 is 0 Å². The maximum absolute atomic E-state index is 6.47. The van der Waals surface area contributed by atoms with E-state index in [1.54, 1.807) is 0 Å². The molecular weight excluding hydrogens is 302 g/mol. The monoisotopic (exact) mass is 337 g/mol. The summed E-state index contributed by atoms with van der Waals surface area (Å²) >= 11 is 0. The molecule has 3 nitrogen and oxygen atoms in total. The van der Waals surface area contributed by atoms with E-state index in [4.69, 9.17) is 14.6 Å². The fraction of sp³-hybridized carbons (Fsp3) is 0.684. The highest BCUT2D eigenvalue weighted by Crippen LogP contribution is 2.20. The lowest BCUT2D eigenvalue weighted by atomic mass is 10.2. The fourth-order valence-electron chi connectivity index (χ4n) is 2.63. The molecule has 23 heavy (non-hydrogen) atoms. The zero-order valence-electron chi connectivity index (χ0n) is 15.1. The third-order valence-corrected chi connectivity index (χ3v) is 7.66. The van der Waals surface area contributed by atoms with Crippen LogP contribution in [-0.4, -0.2) is 28.3 Å². The molecule has 1 aromatic rings. The molecule has 0 aliphatic heterocycles. The van der Waals surface area contributed by atoms with Crippen molar-refractivity contribution in [1.29, 1.82) is 0 Å². The first-order valence-corrected chi connectivity index (χ1v) is 11.3. The smallest absolute Gasteiger partial charge is 0.372 e. The van der Waals surface area contributed by atoms with Gasteiger partial charge in [0, 0.05) is 13.2 Å². The molecule has 0 spiro atoms. The lowest BCUT2D eigenvalue weighted by Gasteiger charge is -2.31. The second-order valence-corrected chi connectivity index (χ2v) is 9.28. The molecule has 0 aromatic heterocycles. The summed E-state index contributed by atoms with van der Waals surface area (Å²) < 4.78 is 12.9. The minimum atomic E-state index is -2.34. The molecule has 0 radical (unpaired) electrons. The van der Waals surface area contributed by atoms with Crippen LogP contribution in [-0.2, 0) is 8.85 Å². The summed E-state index contributed by atoms with van der Waals surface area (Å²) in [6.07, 6.45) is 7.89. The Morgan fingerprint density at radius 3 is 1.96 bits per heavy atom. The number of rotatable bonds is 14. The summed E-state index contributed by atoms with van der Waals surface area (Å²) in [7, 11) is -2.34. The van der Waals surface area contributed by atoms with Crippen LogP contribution >= 0.6 is 0 Å². The largest absolute Gasteiger partial charge is 0.391 e. The van der Waals surface area contributed by atoms with E-state index in [1.807, 2.05) is 0 Å². The first-order chi connectivity index (χ1) is 11.3. The van der Waals surface area contributed by atoms with Gasteiger partial charge < -0.3 is 14.6 Å². The van der Waals surface area contributed by atoms with Gasteiger partial charge in [-0.15, -0.1) is 0 Å². The lowest BCUT2D eigenvalue weighted by molar-refractivity contribution is 0.174. The maximum Gasteiger partial charge on any atom is 0.372 e. The van der Waals surface area contributed by atoms with Gasteiger partial charge in [0.1, 0.15) is 0 Å². The molecule has 4 heteroatoms. The zero-order chi connectivity index (χ0) is 16.8.